The summed E-state index contributed by atoms with van der Waals surface area (Å²) in [5.41, 5.74) is 2.39. The van der Waals surface area contributed by atoms with Crippen molar-refractivity contribution in [3.05, 3.63) is 30.0 Å². The Labute approximate surface area is 138 Å². The summed E-state index contributed by atoms with van der Waals surface area (Å²) in [6.45, 7) is 3.62. The number of carbonyl (C=O) groups is 2. The molecule has 0 spiro atoms. The molecule has 120 valence electrons. The summed E-state index contributed by atoms with van der Waals surface area (Å²) >= 11 is 1.30. The molecule has 1 aliphatic carbocycles. The number of aromatic nitrogens is 2. The maximum atomic E-state index is 12.1. The second-order valence-corrected chi connectivity index (χ2v) is 6.93. The van der Waals surface area contributed by atoms with Gasteiger partial charge in [0.05, 0.1) is 22.0 Å². The predicted molar refractivity (Wildman–Crippen MR) is 89.3 cm³/mol. The van der Waals surface area contributed by atoms with Crippen LogP contribution >= 0.6 is 11.8 Å². The van der Waals surface area contributed by atoms with Crippen molar-refractivity contribution in [3.63, 3.8) is 0 Å². The second-order valence-electron chi connectivity index (χ2n) is 5.60. The normalized spacial score (nSPS) is 15.2. The van der Waals surface area contributed by atoms with Gasteiger partial charge in [-0.05, 0) is 38.8 Å². The number of nitrogens with zero attached hydrogens (tertiary/aromatic N) is 2. The number of hydrogen-bond acceptors (Lipinski definition) is 5. The maximum Gasteiger partial charge on any atom is 0.321 e. The van der Waals surface area contributed by atoms with Crippen LogP contribution < -0.4 is 10.6 Å². The molecule has 1 aromatic heterocycles. The molecule has 1 atom stereocenters. The first kappa shape index (κ1) is 15.7. The van der Waals surface area contributed by atoms with Crippen molar-refractivity contribution in [1.82, 2.24) is 20.6 Å². The average molecular weight is 330 g/mol. The molecular formula is C16H18N4O2S. The summed E-state index contributed by atoms with van der Waals surface area (Å²) in [5, 5.41) is 5.37. The standard InChI is InChI=1S/C16H18N4O2S/c1-9-15(19-13-6-4-3-5-12(13)17-9)23-10(2)14(21)20-16(22)18-11-7-8-11/h3-6,10-11H,7-8H2,1-2H3,(H2,18,20,21,22). The fourth-order valence-electron chi connectivity index (χ4n) is 2.07. The zero-order chi connectivity index (χ0) is 16.4. The Kier molecular flexibility index (Phi) is 4.47. The van der Waals surface area contributed by atoms with E-state index < -0.39 is 11.3 Å². The molecule has 2 aromatic rings. The molecule has 0 saturated heterocycles. The number of rotatable bonds is 4. The quantitative estimate of drug-likeness (QED) is 0.841. The summed E-state index contributed by atoms with van der Waals surface area (Å²) in [5.74, 6) is -0.331. The number of urea groups is 1. The molecular weight excluding hydrogens is 312 g/mol. The van der Waals surface area contributed by atoms with E-state index in [2.05, 4.69) is 20.6 Å². The predicted octanol–water partition coefficient (Wildman–Crippen LogP) is 2.41. The van der Waals surface area contributed by atoms with Crippen LogP contribution in [0.3, 0.4) is 0 Å². The summed E-state index contributed by atoms with van der Waals surface area (Å²) in [6.07, 6.45) is 1.97. The molecule has 1 aromatic carbocycles. The van der Waals surface area contributed by atoms with Crippen molar-refractivity contribution in [1.29, 1.82) is 0 Å². The van der Waals surface area contributed by atoms with Gasteiger partial charge in [-0.3, -0.25) is 10.1 Å². The Bertz CT molecular complexity index is 761. The third-order valence-corrected chi connectivity index (χ3v) is 4.69. The number of benzene rings is 1. The highest BCUT2D eigenvalue weighted by molar-refractivity contribution is 8.00. The third-order valence-electron chi connectivity index (χ3n) is 3.51. The van der Waals surface area contributed by atoms with E-state index in [4.69, 9.17) is 0 Å². The van der Waals surface area contributed by atoms with E-state index >= 15 is 0 Å². The minimum atomic E-state index is -0.436. The van der Waals surface area contributed by atoms with Crippen LogP contribution in [-0.4, -0.2) is 33.2 Å². The molecule has 2 N–H and O–H groups in total. The fourth-order valence-corrected chi connectivity index (χ4v) is 2.94. The first-order chi connectivity index (χ1) is 11.0. The molecule has 1 heterocycles. The van der Waals surface area contributed by atoms with E-state index in [1.165, 1.54) is 11.8 Å². The number of fused-ring (bicyclic) bond motifs is 1. The first-order valence-electron chi connectivity index (χ1n) is 7.54. The highest BCUT2D eigenvalue weighted by Crippen LogP contribution is 2.26. The molecule has 6 nitrogen and oxygen atoms in total. The monoisotopic (exact) mass is 330 g/mol. The van der Waals surface area contributed by atoms with Crippen LogP contribution in [0.2, 0.25) is 0 Å². The molecule has 1 saturated carbocycles. The molecule has 1 unspecified atom stereocenters. The lowest BCUT2D eigenvalue weighted by Crippen LogP contribution is -2.43. The van der Waals surface area contributed by atoms with Crippen molar-refractivity contribution in [2.75, 3.05) is 0 Å². The lowest BCUT2D eigenvalue weighted by Gasteiger charge is -2.12. The molecule has 1 fully saturated rings. The SMILES string of the molecule is Cc1nc2ccccc2nc1SC(C)C(=O)NC(=O)NC1CC1. The molecule has 7 heteroatoms. The van der Waals surface area contributed by atoms with Crippen LogP contribution in [0.15, 0.2) is 29.3 Å². The lowest BCUT2D eigenvalue weighted by atomic mass is 10.3. The van der Waals surface area contributed by atoms with Crippen molar-refractivity contribution >= 4 is 34.7 Å². The summed E-state index contributed by atoms with van der Waals surface area (Å²) in [6, 6.07) is 7.41. The molecule has 0 aliphatic heterocycles. The van der Waals surface area contributed by atoms with Crippen LogP contribution in [0, 0.1) is 6.92 Å². The van der Waals surface area contributed by atoms with Gasteiger partial charge in [0.2, 0.25) is 5.91 Å². The molecule has 3 amide bonds. The topological polar surface area (TPSA) is 84.0 Å². The van der Waals surface area contributed by atoms with Gasteiger partial charge in [-0.1, -0.05) is 23.9 Å². The molecule has 0 radical (unpaired) electrons. The molecule has 23 heavy (non-hydrogen) atoms. The van der Waals surface area contributed by atoms with E-state index in [0.717, 1.165) is 29.6 Å². The van der Waals surface area contributed by atoms with E-state index in [-0.39, 0.29) is 11.9 Å². The number of amides is 3. The van der Waals surface area contributed by atoms with Crippen LogP contribution in [0.5, 0.6) is 0 Å². The van der Waals surface area contributed by atoms with Crippen LogP contribution in [0.1, 0.15) is 25.5 Å². The van der Waals surface area contributed by atoms with Crippen LogP contribution in [-0.2, 0) is 4.79 Å². The number of para-hydroxylation sites is 2. The Morgan fingerprint density at radius 2 is 1.87 bits per heavy atom. The Morgan fingerprint density at radius 3 is 2.52 bits per heavy atom. The first-order valence-corrected chi connectivity index (χ1v) is 8.42. The van der Waals surface area contributed by atoms with Gasteiger partial charge in [-0.25, -0.2) is 14.8 Å². The van der Waals surface area contributed by atoms with E-state index in [0.29, 0.717) is 5.03 Å². The summed E-state index contributed by atoms with van der Waals surface area (Å²) in [4.78, 5) is 32.8. The Morgan fingerprint density at radius 1 is 1.22 bits per heavy atom. The van der Waals surface area contributed by atoms with Gasteiger partial charge in [0.1, 0.15) is 5.03 Å². The minimum absolute atomic E-state index is 0.222. The lowest BCUT2D eigenvalue weighted by molar-refractivity contribution is -0.119. The highest BCUT2D eigenvalue weighted by Gasteiger charge is 2.25. The number of thioether (sulfide) groups is 1. The zero-order valence-electron chi connectivity index (χ0n) is 13.0. The second kappa shape index (κ2) is 6.54. The van der Waals surface area contributed by atoms with E-state index in [1.807, 2.05) is 31.2 Å². The van der Waals surface area contributed by atoms with Crippen LogP contribution in [0.25, 0.3) is 11.0 Å². The third kappa shape index (κ3) is 3.98. The Balaban J connectivity index is 1.66. The van der Waals surface area contributed by atoms with Crippen molar-refractivity contribution in [2.24, 2.45) is 0 Å². The van der Waals surface area contributed by atoms with Crippen LogP contribution in [0.4, 0.5) is 4.79 Å². The van der Waals surface area contributed by atoms with Crippen molar-refractivity contribution in [2.45, 2.75) is 43.0 Å². The van der Waals surface area contributed by atoms with Crippen molar-refractivity contribution in [3.8, 4) is 0 Å². The number of carbonyl (C=O) groups excluding carboxylic acids is 2. The van der Waals surface area contributed by atoms with Gasteiger partial charge >= 0.3 is 6.03 Å². The summed E-state index contributed by atoms with van der Waals surface area (Å²) < 4.78 is 0. The fraction of sp³-hybridized carbons (Fsp3) is 0.375. The maximum absolute atomic E-state index is 12.1. The molecule has 0 bridgehead atoms. The summed E-state index contributed by atoms with van der Waals surface area (Å²) in [7, 11) is 0. The number of aryl methyl sites for hydroxylation is 1. The van der Waals surface area contributed by atoms with Gasteiger partial charge in [0.25, 0.3) is 0 Å². The number of nitrogens with one attached hydrogen (secondary N) is 2. The van der Waals surface area contributed by atoms with Gasteiger partial charge in [0.15, 0.2) is 0 Å². The van der Waals surface area contributed by atoms with Gasteiger partial charge in [-0.2, -0.15) is 0 Å². The van der Waals surface area contributed by atoms with Gasteiger partial charge in [-0.15, -0.1) is 0 Å². The number of hydrogen-bond donors (Lipinski definition) is 2. The minimum Gasteiger partial charge on any atom is -0.335 e. The zero-order valence-corrected chi connectivity index (χ0v) is 13.8. The molecule has 3 rings (SSSR count). The van der Waals surface area contributed by atoms with Gasteiger partial charge in [0, 0.05) is 6.04 Å². The number of imide groups is 1. The van der Waals surface area contributed by atoms with Crippen molar-refractivity contribution < 1.29 is 9.59 Å². The molecule has 1 aliphatic rings. The average Bonchev–Trinajstić information content (AvgIpc) is 3.31. The Hall–Kier alpha value is -2.15. The largest absolute Gasteiger partial charge is 0.335 e. The highest BCUT2D eigenvalue weighted by atomic mass is 32.2. The van der Waals surface area contributed by atoms with E-state index in [1.54, 1.807) is 6.92 Å². The van der Waals surface area contributed by atoms with Gasteiger partial charge < -0.3 is 5.32 Å². The smallest absolute Gasteiger partial charge is 0.321 e. The van der Waals surface area contributed by atoms with E-state index in [9.17, 15) is 9.59 Å².